The second kappa shape index (κ2) is 8.67. The number of carboxylic acids is 1. The van der Waals surface area contributed by atoms with Crippen molar-refractivity contribution in [1.82, 2.24) is 4.90 Å². The number of ether oxygens (including phenoxy) is 2. The molecule has 6 nitrogen and oxygen atoms in total. The van der Waals surface area contributed by atoms with Gasteiger partial charge in [-0.15, -0.1) is 0 Å². The van der Waals surface area contributed by atoms with Gasteiger partial charge < -0.3 is 14.6 Å². The van der Waals surface area contributed by atoms with Gasteiger partial charge in [0.2, 0.25) is 0 Å². The van der Waals surface area contributed by atoms with Crippen LogP contribution < -0.4 is 0 Å². The molecule has 30 heavy (non-hydrogen) atoms. The zero-order chi connectivity index (χ0) is 21.3. The van der Waals surface area contributed by atoms with E-state index in [4.69, 9.17) is 9.47 Å². The minimum atomic E-state index is -0.937. The maximum Gasteiger partial charge on any atom is 0.338 e. The zero-order valence-corrected chi connectivity index (χ0v) is 18.0. The van der Waals surface area contributed by atoms with Crippen LogP contribution in [0.4, 0.5) is 0 Å². The van der Waals surface area contributed by atoms with Crippen molar-refractivity contribution in [3.63, 3.8) is 0 Å². The Morgan fingerprint density at radius 3 is 2.67 bits per heavy atom. The maximum atomic E-state index is 12.1. The highest BCUT2D eigenvalue weighted by Crippen LogP contribution is 2.47. The first kappa shape index (κ1) is 21.3. The van der Waals surface area contributed by atoms with Crippen molar-refractivity contribution >= 4 is 11.9 Å². The average molecular weight is 416 g/mol. The first-order chi connectivity index (χ1) is 14.4. The highest BCUT2D eigenvalue weighted by molar-refractivity contribution is 5.89. The monoisotopic (exact) mass is 415 g/mol. The lowest BCUT2D eigenvalue weighted by atomic mass is 9.80. The van der Waals surface area contributed by atoms with Crippen molar-refractivity contribution < 1.29 is 24.2 Å². The normalized spacial score (nSPS) is 32.5. The fourth-order valence-corrected chi connectivity index (χ4v) is 5.40. The van der Waals surface area contributed by atoms with Gasteiger partial charge in [0.15, 0.2) is 5.60 Å². The van der Waals surface area contributed by atoms with Crippen molar-refractivity contribution in [2.24, 2.45) is 11.8 Å². The van der Waals surface area contributed by atoms with Crippen LogP contribution in [0.1, 0.15) is 67.8 Å². The quantitative estimate of drug-likeness (QED) is 0.714. The molecule has 0 amide bonds. The minimum Gasteiger partial charge on any atom is -0.479 e. The van der Waals surface area contributed by atoms with Gasteiger partial charge in [0, 0.05) is 12.6 Å². The van der Waals surface area contributed by atoms with E-state index in [1.165, 1.54) is 5.56 Å². The second-order valence-corrected chi connectivity index (χ2v) is 9.19. The van der Waals surface area contributed by atoms with E-state index in [1.807, 2.05) is 25.1 Å². The summed E-state index contributed by atoms with van der Waals surface area (Å²) in [5.74, 6) is 0.0150. The summed E-state index contributed by atoms with van der Waals surface area (Å²) in [4.78, 5) is 26.4. The number of carbonyl (C=O) groups is 2. The van der Waals surface area contributed by atoms with Crippen molar-refractivity contribution in [1.29, 1.82) is 0 Å². The van der Waals surface area contributed by atoms with E-state index in [1.54, 1.807) is 0 Å². The Hall–Kier alpha value is -1.92. The summed E-state index contributed by atoms with van der Waals surface area (Å²) in [5, 5.41) is 9.72. The molecule has 1 saturated carbocycles. The molecule has 0 aromatic heterocycles. The van der Waals surface area contributed by atoms with Crippen LogP contribution >= 0.6 is 0 Å². The largest absolute Gasteiger partial charge is 0.479 e. The number of esters is 1. The third kappa shape index (κ3) is 4.12. The fourth-order valence-electron chi connectivity index (χ4n) is 5.40. The molecule has 1 unspecified atom stereocenters. The average Bonchev–Trinajstić information content (AvgIpc) is 3.60. The third-order valence-corrected chi connectivity index (χ3v) is 7.26. The van der Waals surface area contributed by atoms with Gasteiger partial charge in [-0.1, -0.05) is 19.1 Å². The van der Waals surface area contributed by atoms with Crippen molar-refractivity contribution in [3.8, 4) is 0 Å². The molecular formula is C24H33NO5. The van der Waals surface area contributed by atoms with Crippen molar-refractivity contribution in [2.75, 3.05) is 26.3 Å². The number of hydrogen-bond acceptors (Lipinski definition) is 5. The van der Waals surface area contributed by atoms with Gasteiger partial charge in [0.1, 0.15) is 0 Å². The molecule has 2 aliphatic heterocycles. The Balaban J connectivity index is 1.37. The number of aliphatic carboxylic acids is 1. The standard InChI is InChI=1S/C24H33NO5/c1-3-29-22(26)18-6-4-5-17(13-18)21-10-12-25(14-16(21)2)20-9-11-24(23(27)28,30-15-20)19-7-8-19/h4-6,13,16,19-21H,3,7-12,14-15H2,1-2H3,(H,27,28)/t16-,20+,21-,24?/m0/s1. The molecule has 3 fully saturated rings. The van der Waals surface area contributed by atoms with Crippen molar-refractivity contribution in [2.45, 2.75) is 63.5 Å². The molecular weight excluding hydrogens is 382 g/mol. The molecule has 164 valence electrons. The number of nitrogens with zero attached hydrogens (tertiary/aromatic N) is 1. The maximum absolute atomic E-state index is 12.1. The van der Waals surface area contributed by atoms with Gasteiger partial charge in [0.05, 0.1) is 18.8 Å². The number of piperidine rings is 1. The minimum absolute atomic E-state index is 0.201. The molecule has 1 N–H and O–H groups in total. The predicted octanol–water partition coefficient (Wildman–Crippen LogP) is 3.70. The molecule has 4 atom stereocenters. The Morgan fingerprint density at radius 2 is 2.07 bits per heavy atom. The SMILES string of the molecule is CCOC(=O)c1cccc([C@H]2CCN([C@@H]3CCC(C(=O)O)(C4CC4)OC3)C[C@@H]2C)c1. The summed E-state index contributed by atoms with van der Waals surface area (Å²) in [6.07, 6.45) is 4.48. The predicted molar refractivity (Wildman–Crippen MR) is 113 cm³/mol. The van der Waals surface area contributed by atoms with Crippen LogP contribution in [0, 0.1) is 11.8 Å². The third-order valence-electron chi connectivity index (χ3n) is 7.26. The summed E-state index contributed by atoms with van der Waals surface area (Å²) in [6, 6.07) is 8.15. The lowest BCUT2D eigenvalue weighted by Crippen LogP contribution is -2.55. The number of rotatable bonds is 6. The second-order valence-electron chi connectivity index (χ2n) is 9.19. The van der Waals surface area contributed by atoms with E-state index in [0.29, 0.717) is 43.1 Å². The van der Waals surface area contributed by atoms with Crippen LogP contribution in [0.5, 0.6) is 0 Å². The lowest BCUT2D eigenvalue weighted by molar-refractivity contribution is -0.183. The molecule has 3 aliphatic rings. The van der Waals surface area contributed by atoms with Crippen molar-refractivity contribution in [3.05, 3.63) is 35.4 Å². The van der Waals surface area contributed by atoms with E-state index in [0.717, 1.165) is 38.8 Å². The Labute approximate surface area is 178 Å². The molecule has 0 spiro atoms. The van der Waals surface area contributed by atoms with E-state index < -0.39 is 11.6 Å². The highest BCUT2D eigenvalue weighted by Gasteiger charge is 2.54. The number of carbonyl (C=O) groups excluding carboxylic acids is 1. The topological polar surface area (TPSA) is 76.1 Å². The van der Waals surface area contributed by atoms with E-state index in [-0.39, 0.29) is 11.9 Å². The molecule has 0 radical (unpaired) electrons. The van der Waals surface area contributed by atoms with Crippen LogP contribution in [0.2, 0.25) is 0 Å². The molecule has 6 heteroatoms. The molecule has 2 saturated heterocycles. The first-order valence-electron chi connectivity index (χ1n) is 11.3. The van der Waals surface area contributed by atoms with Gasteiger partial charge in [0.25, 0.3) is 0 Å². The summed E-state index contributed by atoms with van der Waals surface area (Å²) in [5.41, 5.74) is 0.884. The first-order valence-corrected chi connectivity index (χ1v) is 11.3. The molecule has 4 rings (SSSR count). The van der Waals surface area contributed by atoms with Crippen LogP contribution in [-0.4, -0.2) is 59.9 Å². The van der Waals surface area contributed by atoms with E-state index >= 15 is 0 Å². The summed E-state index contributed by atoms with van der Waals surface area (Å²) in [7, 11) is 0. The van der Waals surface area contributed by atoms with Gasteiger partial charge in [-0.3, -0.25) is 4.90 Å². The molecule has 2 heterocycles. The zero-order valence-electron chi connectivity index (χ0n) is 18.0. The smallest absolute Gasteiger partial charge is 0.338 e. The molecule has 1 aliphatic carbocycles. The van der Waals surface area contributed by atoms with E-state index in [9.17, 15) is 14.7 Å². The van der Waals surface area contributed by atoms with Crippen LogP contribution in [0.3, 0.4) is 0 Å². The Morgan fingerprint density at radius 1 is 1.27 bits per heavy atom. The van der Waals surface area contributed by atoms with Crippen LogP contribution in [0.15, 0.2) is 24.3 Å². The molecule has 1 aromatic rings. The van der Waals surface area contributed by atoms with Gasteiger partial charge in [-0.05, 0) is 81.0 Å². The van der Waals surface area contributed by atoms with Gasteiger partial charge in [-0.2, -0.15) is 0 Å². The number of benzene rings is 1. The summed E-state index contributed by atoms with van der Waals surface area (Å²) < 4.78 is 11.2. The van der Waals surface area contributed by atoms with Crippen LogP contribution in [0.25, 0.3) is 0 Å². The number of hydrogen-bond donors (Lipinski definition) is 1. The highest BCUT2D eigenvalue weighted by atomic mass is 16.5. The van der Waals surface area contributed by atoms with Gasteiger partial charge in [-0.25, -0.2) is 9.59 Å². The number of carboxylic acid groups (broad SMARTS) is 1. The molecule has 0 bridgehead atoms. The summed E-state index contributed by atoms with van der Waals surface area (Å²) in [6.45, 7) is 6.91. The molecule has 1 aromatic carbocycles. The summed E-state index contributed by atoms with van der Waals surface area (Å²) >= 11 is 0. The Kier molecular flexibility index (Phi) is 6.16. The lowest BCUT2D eigenvalue weighted by Gasteiger charge is -2.45. The van der Waals surface area contributed by atoms with E-state index in [2.05, 4.69) is 17.9 Å². The van der Waals surface area contributed by atoms with Gasteiger partial charge >= 0.3 is 11.9 Å². The van der Waals surface area contributed by atoms with Crippen LogP contribution in [-0.2, 0) is 14.3 Å². The number of likely N-dealkylation sites (tertiary alicyclic amines) is 1. The fraction of sp³-hybridized carbons (Fsp3) is 0.667. The Bertz CT molecular complexity index is 782.